The third-order valence-electron chi connectivity index (χ3n) is 5.32. The average molecular weight is 540 g/mol. The summed E-state index contributed by atoms with van der Waals surface area (Å²) < 4.78 is 61.5. The molecule has 1 saturated heterocycles. The molecule has 0 aliphatic carbocycles. The van der Waals surface area contributed by atoms with E-state index in [1.807, 2.05) is 11.6 Å². The SMILES string of the molecule is CCOc1cncc(-c2cnc(C(=O)N[C@H](c3cccc(NS(=O)(=O)C(F)F)c3)[C@@H]3CCOC3)s2)n1. The molecule has 4 rings (SSSR count). The number of nitrogens with one attached hydrogen (secondary N) is 2. The summed E-state index contributed by atoms with van der Waals surface area (Å²) in [6, 6.07) is 5.43. The van der Waals surface area contributed by atoms with Gasteiger partial charge >= 0.3 is 5.76 Å². The maximum absolute atomic E-state index is 13.1. The monoisotopic (exact) mass is 539 g/mol. The van der Waals surface area contributed by atoms with Gasteiger partial charge in [-0.05, 0) is 31.0 Å². The highest BCUT2D eigenvalue weighted by Crippen LogP contribution is 2.32. The largest absolute Gasteiger partial charge is 0.477 e. The molecule has 2 atom stereocenters. The molecular weight excluding hydrogens is 516 g/mol. The molecule has 14 heteroatoms. The van der Waals surface area contributed by atoms with E-state index < -0.39 is 27.7 Å². The number of nitrogens with zero attached hydrogens (tertiary/aromatic N) is 3. The Kier molecular flexibility index (Phi) is 8.06. The number of halogens is 2. The van der Waals surface area contributed by atoms with Gasteiger partial charge in [-0.3, -0.25) is 14.5 Å². The molecule has 1 aliphatic heterocycles. The zero-order valence-electron chi connectivity index (χ0n) is 19.1. The van der Waals surface area contributed by atoms with E-state index in [0.29, 0.717) is 48.3 Å². The lowest BCUT2D eigenvalue weighted by Gasteiger charge is -2.24. The molecule has 3 heterocycles. The van der Waals surface area contributed by atoms with E-state index in [9.17, 15) is 22.0 Å². The first-order valence-corrected chi connectivity index (χ1v) is 13.3. The van der Waals surface area contributed by atoms with Gasteiger partial charge in [0.25, 0.3) is 15.9 Å². The Hall–Kier alpha value is -3.23. The zero-order chi connectivity index (χ0) is 25.7. The van der Waals surface area contributed by atoms with Crippen LogP contribution in [0, 0.1) is 5.92 Å². The number of alkyl halides is 2. The fourth-order valence-electron chi connectivity index (χ4n) is 3.68. The molecule has 1 aromatic carbocycles. The minimum atomic E-state index is -4.83. The summed E-state index contributed by atoms with van der Waals surface area (Å²) in [6.45, 7) is 3.15. The highest BCUT2D eigenvalue weighted by molar-refractivity contribution is 7.93. The Morgan fingerprint density at radius 1 is 1.31 bits per heavy atom. The molecule has 0 spiro atoms. The second-order valence-electron chi connectivity index (χ2n) is 7.81. The van der Waals surface area contributed by atoms with E-state index >= 15 is 0 Å². The van der Waals surface area contributed by atoms with Crippen molar-refractivity contribution in [3.8, 4) is 16.5 Å². The Labute approximate surface area is 210 Å². The van der Waals surface area contributed by atoms with Crippen molar-refractivity contribution in [3.05, 3.63) is 53.4 Å². The second kappa shape index (κ2) is 11.2. The van der Waals surface area contributed by atoms with Crippen molar-refractivity contribution in [2.75, 3.05) is 24.5 Å². The Bertz CT molecular complexity index is 1320. The number of sulfonamides is 1. The maximum Gasteiger partial charge on any atom is 0.355 e. The van der Waals surface area contributed by atoms with E-state index in [0.717, 1.165) is 11.3 Å². The number of rotatable bonds is 10. The summed E-state index contributed by atoms with van der Waals surface area (Å²) in [5.41, 5.74) is 1.02. The van der Waals surface area contributed by atoms with E-state index in [1.54, 1.807) is 12.3 Å². The summed E-state index contributed by atoms with van der Waals surface area (Å²) >= 11 is 1.13. The molecule has 36 heavy (non-hydrogen) atoms. The Balaban J connectivity index is 1.56. The van der Waals surface area contributed by atoms with Crippen LogP contribution in [-0.2, 0) is 14.8 Å². The zero-order valence-corrected chi connectivity index (χ0v) is 20.7. The Morgan fingerprint density at radius 3 is 2.86 bits per heavy atom. The van der Waals surface area contributed by atoms with Gasteiger partial charge in [-0.25, -0.2) is 18.4 Å². The third-order valence-corrected chi connectivity index (χ3v) is 7.33. The number of amides is 1. The Morgan fingerprint density at radius 2 is 2.14 bits per heavy atom. The van der Waals surface area contributed by atoms with E-state index in [2.05, 4.69) is 20.3 Å². The third kappa shape index (κ3) is 6.12. The number of thiazole rings is 1. The van der Waals surface area contributed by atoms with Crippen molar-refractivity contribution < 1.29 is 31.5 Å². The predicted molar refractivity (Wildman–Crippen MR) is 128 cm³/mol. The van der Waals surface area contributed by atoms with E-state index in [4.69, 9.17) is 9.47 Å². The topological polar surface area (TPSA) is 132 Å². The van der Waals surface area contributed by atoms with E-state index in [1.165, 1.54) is 30.6 Å². The van der Waals surface area contributed by atoms with Crippen LogP contribution >= 0.6 is 11.3 Å². The van der Waals surface area contributed by atoms with Crippen LogP contribution in [0.4, 0.5) is 14.5 Å². The highest BCUT2D eigenvalue weighted by Gasteiger charge is 2.30. The molecule has 1 aliphatic rings. The number of anilines is 1. The van der Waals surface area contributed by atoms with Gasteiger partial charge in [0.15, 0.2) is 5.01 Å². The standard InChI is InChI=1S/C22H23F2N5O5S2/c1-2-34-18-11-25-9-16(27-18)17-10-26-21(35-17)20(30)28-19(14-6-7-33-12-14)13-4-3-5-15(8-13)29-36(31,32)22(23)24/h3-5,8-11,14,19,22,29H,2,6-7,12H2,1H3,(H,28,30)/t14-,19-/m1/s1. The molecule has 192 valence electrons. The fraction of sp³-hybridized carbons (Fsp3) is 0.364. The molecule has 10 nitrogen and oxygen atoms in total. The van der Waals surface area contributed by atoms with Crippen molar-refractivity contribution in [1.29, 1.82) is 0 Å². The smallest absolute Gasteiger partial charge is 0.355 e. The van der Waals surface area contributed by atoms with Gasteiger partial charge in [-0.15, -0.1) is 11.3 Å². The van der Waals surface area contributed by atoms with Crippen LogP contribution in [0.3, 0.4) is 0 Å². The lowest BCUT2D eigenvalue weighted by Crippen LogP contribution is -2.34. The molecule has 0 unspecified atom stereocenters. The number of carbonyl (C=O) groups is 1. The summed E-state index contributed by atoms with van der Waals surface area (Å²) in [5.74, 6) is -3.77. The van der Waals surface area contributed by atoms with Gasteiger partial charge in [0.1, 0.15) is 5.69 Å². The number of hydrogen-bond acceptors (Lipinski definition) is 9. The van der Waals surface area contributed by atoms with Crippen molar-refractivity contribution in [2.45, 2.75) is 25.1 Å². The summed E-state index contributed by atoms with van der Waals surface area (Å²) in [4.78, 5) is 26.4. The van der Waals surface area contributed by atoms with Crippen LogP contribution in [0.1, 0.15) is 34.8 Å². The molecule has 2 aromatic heterocycles. The minimum Gasteiger partial charge on any atom is -0.477 e. The molecule has 0 radical (unpaired) electrons. The number of aromatic nitrogens is 3. The molecule has 0 bridgehead atoms. The van der Waals surface area contributed by atoms with Crippen LogP contribution in [-0.4, -0.2) is 54.9 Å². The highest BCUT2D eigenvalue weighted by atomic mass is 32.2. The number of ether oxygens (including phenoxy) is 2. The fourth-order valence-corrected chi connectivity index (χ4v) is 5.00. The molecule has 3 aromatic rings. The van der Waals surface area contributed by atoms with Crippen LogP contribution < -0.4 is 14.8 Å². The van der Waals surface area contributed by atoms with Crippen LogP contribution in [0.25, 0.3) is 10.6 Å². The average Bonchev–Trinajstić information content (AvgIpc) is 3.55. The minimum absolute atomic E-state index is 0.0322. The maximum atomic E-state index is 13.1. The molecule has 1 fully saturated rings. The van der Waals surface area contributed by atoms with Gasteiger partial charge in [-0.1, -0.05) is 12.1 Å². The normalized spacial score (nSPS) is 16.6. The molecule has 1 amide bonds. The molecule has 2 N–H and O–H groups in total. The summed E-state index contributed by atoms with van der Waals surface area (Å²) in [6.07, 6.45) is 5.21. The van der Waals surface area contributed by atoms with Gasteiger partial charge < -0.3 is 14.8 Å². The van der Waals surface area contributed by atoms with Gasteiger partial charge in [0.05, 0.1) is 36.5 Å². The molecule has 0 saturated carbocycles. The summed E-state index contributed by atoms with van der Waals surface area (Å²) in [7, 11) is -4.83. The first-order chi connectivity index (χ1) is 17.3. The second-order valence-corrected chi connectivity index (χ2v) is 10.5. The lowest BCUT2D eigenvalue weighted by atomic mass is 9.92. The number of hydrogen-bond donors (Lipinski definition) is 2. The van der Waals surface area contributed by atoms with Crippen molar-refractivity contribution in [3.63, 3.8) is 0 Å². The van der Waals surface area contributed by atoms with Crippen LogP contribution in [0.15, 0.2) is 42.9 Å². The summed E-state index contributed by atoms with van der Waals surface area (Å²) in [5, 5.41) is 3.13. The van der Waals surface area contributed by atoms with Gasteiger partial charge in [0, 0.05) is 24.4 Å². The van der Waals surface area contributed by atoms with Gasteiger partial charge in [0.2, 0.25) is 5.88 Å². The van der Waals surface area contributed by atoms with Crippen molar-refractivity contribution >= 4 is 33.0 Å². The van der Waals surface area contributed by atoms with Crippen molar-refractivity contribution in [2.24, 2.45) is 5.92 Å². The first-order valence-electron chi connectivity index (χ1n) is 11.0. The number of carbonyl (C=O) groups excluding carboxylic acids is 1. The predicted octanol–water partition coefficient (Wildman–Crippen LogP) is 3.47. The van der Waals surface area contributed by atoms with E-state index in [-0.39, 0.29) is 16.6 Å². The van der Waals surface area contributed by atoms with Crippen molar-refractivity contribution in [1.82, 2.24) is 20.3 Å². The van der Waals surface area contributed by atoms with Crippen LogP contribution in [0.2, 0.25) is 0 Å². The number of benzene rings is 1. The lowest BCUT2D eigenvalue weighted by molar-refractivity contribution is 0.0915. The van der Waals surface area contributed by atoms with Crippen LogP contribution in [0.5, 0.6) is 5.88 Å². The first kappa shape index (κ1) is 25.9. The quantitative estimate of drug-likeness (QED) is 0.400. The molecular formula is C22H23F2N5O5S2. The van der Waals surface area contributed by atoms with Gasteiger partial charge in [-0.2, -0.15) is 8.78 Å².